The summed E-state index contributed by atoms with van der Waals surface area (Å²) in [6.07, 6.45) is 0. The van der Waals surface area contributed by atoms with Crippen molar-refractivity contribution >= 4 is 16.6 Å². The number of para-hydroxylation sites is 1. The van der Waals surface area contributed by atoms with Crippen LogP contribution >= 0.6 is 0 Å². The molecule has 0 saturated heterocycles. The highest BCUT2D eigenvalue weighted by atomic mass is 16.5. The van der Waals surface area contributed by atoms with E-state index < -0.39 is 0 Å². The normalized spacial score (nSPS) is 10.8. The van der Waals surface area contributed by atoms with Crippen LogP contribution in [0.25, 0.3) is 10.9 Å². The molecule has 0 radical (unpaired) electrons. The molecule has 0 aliphatic heterocycles. The molecule has 108 valence electrons. The molecule has 0 spiro atoms. The largest absolute Gasteiger partial charge is 0.496 e. The zero-order chi connectivity index (χ0) is 14.8. The van der Waals surface area contributed by atoms with Crippen LogP contribution in [0.4, 0.5) is 5.69 Å². The summed E-state index contributed by atoms with van der Waals surface area (Å²) in [5, 5.41) is 9.21. The SMILES string of the molecule is COc1ccc(NCc2nn(C)c3ccccc23)cc1C. The topological polar surface area (TPSA) is 39.1 Å². The number of nitrogens with one attached hydrogen (secondary N) is 1. The van der Waals surface area contributed by atoms with E-state index in [0.29, 0.717) is 6.54 Å². The maximum Gasteiger partial charge on any atom is 0.121 e. The van der Waals surface area contributed by atoms with Crippen molar-refractivity contribution in [3.63, 3.8) is 0 Å². The van der Waals surface area contributed by atoms with Gasteiger partial charge in [0.1, 0.15) is 5.75 Å². The van der Waals surface area contributed by atoms with E-state index in [1.54, 1.807) is 7.11 Å². The minimum Gasteiger partial charge on any atom is -0.496 e. The highest BCUT2D eigenvalue weighted by molar-refractivity contribution is 5.82. The van der Waals surface area contributed by atoms with Gasteiger partial charge in [-0.05, 0) is 36.8 Å². The number of ether oxygens (including phenoxy) is 1. The molecule has 0 atom stereocenters. The Morgan fingerprint density at radius 1 is 1.19 bits per heavy atom. The highest BCUT2D eigenvalue weighted by Crippen LogP contribution is 2.23. The maximum atomic E-state index is 5.28. The van der Waals surface area contributed by atoms with E-state index in [0.717, 1.165) is 28.2 Å². The van der Waals surface area contributed by atoms with Crippen molar-refractivity contribution < 1.29 is 4.74 Å². The number of fused-ring (bicyclic) bond motifs is 1. The Morgan fingerprint density at radius 3 is 2.76 bits per heavy atom. The minimum atomic E-state index is 0.702. The predicted molar refractivity (Wildman–Crippen MR) is 85.8 cm³/mol. The number of nitrogens with zero attached hydrogens (tertiary/aromatic N) is 2. The number of aromatic nitrogens is 2. The van der Waals surface area contributed by atoms with Gasteiger partial charge in [0.05, 0.1) is 24.9 Å². The van der Waals surface area contributed by atoms with Crippen molar-refractivity contribution in [3.8, 4) is 5.75 Å². The Bertz CT molecular complexity index is 777. The van der Waals surface area contributed by atoms with Gasteiger partial charge in [-0.25, -0.2) is 0 Å². The second kappa shape index (κ2) is 5.48. The lowest BCUT2D eigenvalue weighted by molar-refractivity contribution is 0.412. The lowest BCUT2D eigenvalue weighted by Gasteiger charge is -2.09. The molecule has 3 aromatic rings. The third kappa shape index (κ3) is 2.57. The summed E-state index contributed by atoms with van der Waals surface area (Å²) >= 11 is 0. The van der Waals surface area contributed by atoms with E-state index in [9.17, 15) is 0 Å². The van der Waals surface area contributed by atoms with E-state index in [4.69, 9.17) is 4.74 Å². The Morgan fingerprint density at radius 2 is 2.00 bits per heavy atom. The Balaban J connectivity index is 1.82. The van der Waals surface area contributed by atoms with Crippen molar-refractivity contribution in [2.24, 2.45) is 7.05 Å². The van der Waals surface area contributed by atoms with E-state index in [1.165, 1.54) is 5.39 Å². The van der Waals surface area contributed by atoms with Crippen molar-refractivity contribution in [1.29, 1.82) is 0 Å². The van der Waals surface area contributed by atoms with Crippen LogP contribution in [-0.2, 0) is 13.6 Å². The van der Waals surface area contributed by atoms with Gasteiger partial charge in [-0.2, -0.15) is 5.10 Å². The third-order valence-corrected chi connectivity index (χ3v) is 3.69. The van der Waals surface area contributed by atoms with Gasteiger partial charge in [-0.15, -0.1) is 0 Å². The van der Waals surface area contributed by atoms with Crippen LogP contribution in [-0.4, -0.2) is 16.9 Å². The fourth-order valence-electron chi connectivity index (χ4n) is 2.59. The number of methoxy groups -OCH3 is 1. The summed E-state index contributed by atoms with van der Waals surface area (Å²) in [7, 11) is 3.67. The first-order valence-electron chi connectivity index (χ1n) is 6.98. The summed E-state index contributed by atoms with van der Waals surface area (Å²) in [4.78, 5) is 0. The second-order valence-corrected chi connectivity index (χ2v) is 5.13. The molecular formula is C17H19N3O. The molecule has 0 bridgehead atoms. The van der Waals surface area contributed by atoms with E-state index in [1.807, 2.05) is 42.9 Å². The average Bonchev–Trinajstić information content (AvgIpc) is 2.82. The molecule has 0 amide bonds. The summed E-state index contributed by atoms with van der Waals surface area (Å²) in [5.74, 6) is 0.906. The van der Waals surface area contributed by atoms with Gasteiger partial charge in [0, 0.05) is 18.1 Å². The quantitative estimate of drug-likeness (QED) is 0.795. The van der Waals surface area contributed by atoms with Gasteiger partial charge >= 0.3 is 0 Å². The number of anilines is 1. The fourth-order valence-corrected chi connectivity index (χ4v) is 2.59. The highest BCUT2D eigenvalue weighted by Gasteiger charge is 2.07. The maximum absolute atomic E-state index is 5.28. The average molecular weight is 281 g/mol. The molecule has 1 N–H and O–H groups in total. The minimum absolute atomic E-state index is 0.702. The van der Waals surface area contributed by atoms with Crippen LogP contribution in [0, 0.1) is 6.92 Å². The molecule has 2 aromatic carbocycles. The molecule has 3 rings (SSSR count). The number of rotatable bonds is 4. The van der Waals surface area contributed by atoms with Crippen molar-refractivity contribution in [1.82, 2.24) is 9.78 Å². The number of hydrogen-bond acceptors (Lipinski definition) is 3. The van der Waals surface area contributed by atoms with Crippen LogP contribution < -0.4 is 10.1 Å². The van der Waals surface area contributed by atoms with Gasteiger partial charge < -0.3 is 10.1 Å². The lowest BCUT2D eigenvalue weighted by Crippen LogP contribution is -2.02. The number of hydrogen-bond donors (Lipinski definition) is 1. The van der Waals surface area contributed by atoms with Crippen LogP contribution in [0.15, 0.2) is 42.5 Å². The van der Waals surface area contributed by atoms with Crippen LogP contribution in [0.5, 0.6) is 5.75 Å². The monoisotopic (exact) mass is 281 g/mol. The van der Waals surface area contributed by atoms with Crippen LogP contribution in [0.2, 0.25) is 0 Å². The summed E-state index contributed by atoms with van der Waals surface area (Å²) in [6.45, 7) is 2.74. The molecule has 4 nitrogen and oxygen atoms in total. The number of aryl methyl sites for hydroxylation is 2. The van der Waals surface area contributed by atoms with Crippen molar-refractivity contribution in [2.75, 3.05) is 12.4 Å². The first-order chi connectivity index (χ1) is 10.2. The first-order valence-corrected chi connectivity index (χ1v) is 6.98. The standard InChI is InChI=1S/C17H19N3O/c1-12-10-13(8-9-17(12)21-3)18-11-15-14-6-4-5-7-16(14)20(2)19-15/h4-10,18H,11H2,1-3H3. The molecule has 0 aliphatic carbocycles. The molecule has 0 aliphatic rings. The Labute approximate surface area is 124 Å². The van der Waals surface area contributed by atoms with Gasteiger partial charge in [-0.3, -0.25) is 4.68 Å². The molecule has 0 unspecified atom stereocenters. The molecule has 1 heterocycles. The predicted octanol–water partition coefficient (Wildman–Crippen LogP) is 3.50. The molecule has 21 heavy (non-hydrogen) atoms. The Kier molecular flexibility index (Phi) is 3.52. The van der Waals surface area contributed by atoms with E-state index >= 15 is 0 Å². The molecular weight excluding hydrogens is 262 g/mol. The van der Waals surface area contributed by atoms with Gasteiger partial charge in [0.2, 0.25) is 0 Å². The molecule has 0 saturated carbocycles. The second-order valence-electron chi connectivity index (χ2n) is 5.13. The zero-order valence-electron chi connectivity index (χ0n) is 12.6. The van der Waals surface area contributed by atoms with Gasteiger partial charge in [0.25, 0.3) is 0 Å². The summed E-state index contributed by atoms with van der Waals surface area (Å²) < 4.78 is 7.20. The number of benzene rings is 2. The zero-order valence-corrected chi connectivity index (χ0v) is 12.6. The van der Waals surface area contributed by atoms with E-state index in [2.05, 4.69) is 28.6 Å². The molecule has 4 heteroatoms. The summed E-state index contributed by atoms with van der Waals surface area (Å²) in [5.41, 5.74) is 4.40. The Hall–Kier alpha value is -2.49. The smallest absolute Gasteiger partial charge is 0.121 e. The molecule has 1 aromatic heterocycles. The molecule has 0 fully saturated rings. The van der Waals surface area contributed by atoms with Crippen molar-refractivity contribution in [2.45, 2.75) is 13.5 Å². The summed E-state index contributed by atoms with van der Waals surface area (Å²) in [6, 6.07) is 14.4. The lowest BCUT2D eigenvalue weighted by atomic mass is 10.2. The van der Waals surface area contributed by atoms with Crippen molar-refractivity contribution in [3.05, 3.63) is 53.7 Å². The van der Waals surface area contributed by atoms with Gasteiger partial charge in [-0.1, -0.05) is 18.2 Å². The van der Waals surface area contributed by atoms with Gasteiger partial charge in [0.15, 0.2) is 0 Å². The van der Waals surface area contributed by atoms with Crippen LogP contribution in [0.3, 0.4) is 0 Å². The fraction of sp³-hybridized carbons (Fsp3) is 0.235. The van der Waals surface area contributed by atoms with E-state index in [-0.39, 0.29) is 0 Å². The first kappa shape index (κ1) is 13.5. The third-order valence-electron chi connectivity index (χ3n) is 3.69. The van der Waals surface area contributed by atoms with Crippen LogP contribution in [0.1, 0.15) is 11.3 Å².